The second kappa shape index (κ2) is 9.05. The van der Waals surface area contributed by atoms with E-state index in [4.69, 9.17) is 4.74 Å². The number of rotatable bonds is 6. The highest BCUT2D eigenvalue weighted by atomic mass is 16.5. The van der Waals surface area contributed by atoms with Gasteiger partial charge in [0.15, 0.2) is 5.60 Å². The molecule has 1 aromatic carbocycles. The van der Waals surface area contributed by atoms with Gasteiger partial charge >= 0.3 is 0 Å². The Morgan fingerprint density at radius 2 is 1.75 bits per heavy atom. The molecule has 2 heterocycles. The molecule has 4 heteroatoms. The second-order valence-electron chi connectivity index (χ2n) is 7.85. The predicted molar refractivity (Wildman–Crippen MR) is 114 cm³/mol. The van der Waals surface area contributed by atoms with Crippen LogP contribution < -0.4 is 4.74 Å². The van der Waals surface area contributed by atoms with Crippen molar-refractivity contribution in [2.75, 3.05) is 6.54 Å². The molecule has 1 aliphatic rings. The van der Waals surface area contributed by atoms with Crippen LogP contribution in [0.25, 0.3) is 12.2 Å². The molecule has 4 nitrogen and oxygen atoms in total. The molecule has 0 spiro atoms. The fraction of sp³-hybridized carbons (Fsp3) is 0.417. The molecule has 1 aromatic heterocycles. The molecule has 1 atom stereocenters. The van der Waals surface area contributed by atoms with Gasteiger partial charge in [-0.2, -0.15) is 0 Å². The first-order chi connectivity index (χ1) is 13.5. The Kier molecular flexibility index (Phi) is 6.50. The number of nitrogens with zero attached hydrogens (tertiary/aromatic N) is 2. The highest BCUT2D eigenvalue weighted by Crippen LogP contribution is 2.26. The molecule has 0 N–H and O–H groups in total. The fourth-order valence-corrected chi connectivity index (χ4v) is 3.69. The van der Waals surface area contributed by atoms with Crippen LogP contribution >= 0.6 is 0 Å². The predicted octanol–water partition coefficient (Wildman–Crippen LogP) is 5.20. The van der Waals surface area contributed by atoms with Crippen molar-refractivity contribution in [3.63, 3.8) is 0 Å². The maximum absolute atomic E-state index is 13.1. The molecule has 1 aliphatic heterocycles. The van der Waals surface area contributed by atoms with Crippen molar-refractivity contribution in [3.8, 4) is 5.75 Å². The molecule has 0 radical (unpaired) electrons. The molecule has 3 rings (SSSR count). The van der Waals surface area contributed by atoms with E-state index >= 15 is 0 Å². The number of piperidine rings is 1. The van der Waals surface area contributed by atoms with Crippen LogP contribution in [0, 0.1) is 0 Å². The van der Waals surface area contributed by atoms with Gasteiger partial charge in [-0.15, -0.1) is 0 Å². The largest absolute Gasteiger partial charge is 0.478 e. The molecular formula is C24H30N2O2. The summed E-state index contributed by atoms with van der Waals surface area (Å²) in [6.45, 7) is 6.73. The summed E-state index contributed by atoms with van der Waals surface area (Å²) < 4.78 is 6.10. The van der Waals surface area contributed by atoms with E-state index in [2.05, 4.69) is 18.0 Å². The molecule has 1 amide bonds. The fourth-order valence-electron chi connectivity index (χ4n) is 3.69. The van der Waals surface area contributed by atoms with Gasteiger partial charge in [0.05, 0.1) is 0 Å². The highest BCUT2D eigenvalue weighted by Gasteiger charge is 2.37. The van der Waals surface area contributed by atoms with Gasteiger partial charge in [-0.1, -0.05) is 31.2 Å². The van der Waals surface area contributed by atoms with Crippen LogP contribution in [-0.2, 0) is 4.79 Å². The zero-order chi connectivity index (χ0) is 20.0. The highest BCUT2D eigenvalue weighted by molar-refractivity contribution is 5.85. The maximum Gasteiger partial charge on any atom is 0.266 e. The Bertz CT molecular complexity index is 797. The zero-order valence-electron chi connectivity index (χ0n) is 17.1. The van der Waals surface area contributed by atoms with Crippen molar-refractivity contribution in [2.45, 2.75) is 58.1 Å². The van der Waals surface area contributed by atoms with Gasteiger partial charge in [0.1, 0.15) is 5.75 Å². The Hall–Kier alpha value is -2.62. The van der Waals surface area contributed by atoms with Gasteiger partial charge < -0.3 is 9.64 Å². The van der Waals surface area contributed by atoms with Gasteiger partial charge in [0.25, 0.3) is 5.91 Å². The topological polar surface area (TPSA) is 42.4 Å². The van der Waals surface area contributed by atoms with Crippen molar-refractivity contribution >= 4 is 18.1 Å². The van der Waals surface area contributed by atoms with E-state index in [0.29, 0.717) is 11.8 Å². The third kappa shape index (κ3) is 5.00. The van der Waals surface area contributed by atoms with E-state index < -0.39 is 5.60 Å². The number of hydrogen-bond acceptors (Lipinski definition) is 3. The molecule has 148 valence electrons. The molecule has 0 saturated carbocycles. The average Bonchev–Trinajstić information content (AvgIpc) is 2.73. The second-order valence-corrected chi connectivity index (χ2v) is 7.85. The number of ether oxygens (including phenoxy) is 1. The Morgan fingerprint density at radius 3 is 2.39 bits per heavy atom. The summed E-state index contributed by atoms with van der Waals surface area (Å²) in [5, 5.41) is 0. The molecule has 1 saturated heterocycles. The van der Waals surface area contributed by atoms with Gasteiger partial charge in [0.2, 0.25) is 0 Å². The number of carbonyl (C=O) groups is 1. The maximum atomic E-state index is 13.1. The monoisotopic (exact) mass is 378 g/mol. The SMILES string of the molecule is CCC1CCCCN1C(=O)C(C)(C)Oc1ccc(/C=C/c2ccncc2)cc1. The lowest BCUT2D eigenvalue weighted by atomic mass is 9.97. The Morgan fingerprint density at radius 1 is 1.11 bits per heavy atom. The van der Waals surface area contributed by atoms with Gasteiger partial charge in [-0.05, 0) is 74.9 Å². The molecule has 28 heavy (non-hydrogen) atoms. The van der Waals surface area contributed by atoms with Crippen molar-refractivity contribution in [1.82, 2.24) is 9.88 Å². The van der Waals surface area contributed by atoms with Crippen LogP contribution in [0.5, 0.6) is 5.75 Å². The number of aromatic nitrogens is 1. The average molecular weight is 379 g/mol. The summed E-state index contributed by atoms with van der Waals surface area (Å²) in [7, 11) is 0. The van der Waals surface area contributed by atoms with E-state index in [1.54, 1.807) is 12.4 Å². The van der Waals surface area contributed by atoms with Crippen molar-refractivity contribution in [1.29, 1.82) is 0 Å². The molecule has 0 bridgehead atoms. The van der Waals surface area contributed by atoms with Crippen LogP contribution in [0.15, 0.2) is 48.8 Å². The molecular weight excluding hydrogens is 348 g/mol. The summed E-state index contributed by atoms with van der Waals surface area (Å²) >= 11 is 0. The number of amides is 1. The summed E-state index contributed by atoms with van der Waals surface area (Å²) in [4.78, 5) is 19.2. The van der Waals surface area contributed by atoms with Crippen LogP contribution in [0.2, 0.25) is 0 Å². The summed E-state index contributed by atoms with van der Waals surface area (Å²) in [5.74, 6) is 0.796. The number of hydrogen-bond donors (Lipinski definition) is 0. The first-order valence-electron chi connectivity index (χ1n) is 10.2. The Balaban J connectivity index is 1.65. The van der Waals surface area contributed by atoms with Crippen molar-refractivity contribution in [3.05, 3.63) is 59.9 Å². The number of benzene rings is 1. The number of pyridine rings is 1. The molecule has 1 fully saturated rings. The van der Waals surface area contributed by atoms with Crippen LogP contribution in [0.4, 0.5) is 0 Å². The lowest BCUT2D eigenvalue weighted by Crippen LogP contribution is -2.54. The normalized spacial score (nSPS) is 17.7. The lowest BCUT2D eigenvalue weighted by Gasteiger charge is -2.40. The standard InChI is InChI=1S/C24H30N2O2/c1-4-21-7-5-6-18-26(21)23(27)24(2,3)28-22-12-10-19(11-13-22)8-9-20-14-16-25-17-15-20/h8-17,21H,4-7,18H2,1-3H3/b9-8+. The summed E-state index contributed by atoms with van der Waals surface area (Å²) in [6.07, 6.45) is 12.0. The first kappa shape index (κ1) is 20.1. The number of likely N-dealkylation sites (tertiary alicyclic amines) is 1. The third-order valence-electron chi connectivity index (χ3n) is 5.30. The third-order valence-corrected chi connectivity index (χ3v) is 5.30. The van der Waals surface area contributed by atoms with Crippen molar-refractivity contribution < 1.29 is 9.53 Å². The molecule has 2 aromatic rings. The quantitative estimate of drug-likeness (QED) is 0.694. The summed E-state index contributed by atoms with van der Waals surface area (Å²) in [6, 6.07) is 12.1. The smallest absolute Gasteiger partial charge is 0.266 e. The Labute approximate surface area is 168 Å². The van der Waals surface area contributed by atoms with Crippen molar-refractivity contribution in [2.24, 2.45) is 0 Å². The van der Waals surface area contributed by atoms with Crippen LogP contribution in [-0.4, -0.2) is 34.0 Å². The van der Waals surface area contributed by atoms with E-state index in [9.17, 15) is 4.79 Å². The molecule has 0 aliphatic carbocycles. The zero-order valence-corrected chi connectivity index (χ0v) is 17.1. The first-order valence-corrected chi connectivity index (χ1v) is 10.2. The van der Waals surface area contributed by atoms with Crippen LogP contribution in [0.3, 0.4) is 0 Å². The van der Waals surface area contributed by atoms with E-state index in [1.165, 1.54) is 6.42 Å². The minimum atomic E-state index is -0.876. The van der Waals surface area contributed by atoms with Crippen LogP contribution in [0.1, 0.15) is 57.6 Å². The molecule has 1 unspecified atom stereocenters. The lowest BCUT2D eigenvalue weighted by molar-refractivity contribution is -0.149. The van der Waals surface area contributed by atoms with Gasteiger partial charge in [-0.25, -0.2) is 0 Å². The van der Waals surface area contributed by atoms with E-state index in [-0.39, 0.29) is 5.91 Å². The van der Waals surface area contributed by atoms with Gasteiger partial charge in [-0.3, -0.25) is 9.78 Å². The minimum Gasteiger partial charge on any atom is -0.478 e. The minimum absolute atomic E-state index is 0.0840. The van der Waals surface area contributed by atoms with E-state index in [0.717, 1.165) is 36.9 Å². The van der Waals surface area contributed by atoms with E-state index in [1.807, 2.05) is 61.2 Å². The number of carbonyl (C=O) groups excluding carboxylic acids is 1. The summed E-state index contributed by atoms with van der Waals surface area (Å²) in [5.41, 5.74) is 1.31. The van der Waals surface area contributed by atoms with Gasteiger partial charge in [0, 0.05) is 25.0 Å².